The normalized spacial score (nSPS) is 12.7. The standard InChI is InChI=1S/C61H42N2/c1-61(2)56-37-45(29-30-53(56)55-35-43-19-9-10-20-44(43)36-57(55)61)46-31-32-51(48-22-12-11-21-47(46)48)52-33-34-54(50-24-14-13-23-49(50)52)60-62-58(41-17-7-4-8-18-41)38-59(63-60)42-27-25-40(26-28-42)39-15-5-3-6-16-39/h3-38H,1-2H3. The Balaban J connectivity index is 0.966. The van der Waals surface area contributed by atoms with Gasteiger partial charge in [-0.1, -0.05) is 202 Å². The van der Waals surface area contributed by atoms with Crippen LogP contribution in [-0.2, 0) is 5.41 Å². The summed E-state index contributed by atoms with van der Waals surface area (Å²) < 4.78 is 0. The third-order valence-corrected chi connectivity index (χ3v) is 13.3. The van der Waals surface area contributed by atoms with E-state index >= 15 is 0 Å². The smallest absolute Gasteiger partial charge is 0.161 e. The van der Waals surface area contributed by atoms with E-state index in [1.807, 2.05) is 6.07 Å². The minimum Gasteiger partial charge on any atom is -0.228 e. The van der Waals surface area contributed by atoms with E-state index in [1.165, 1.54) is 82.6 Å². The summed E-state index contributed by atoms with van der Waals surface area (Å²) in [6.07, 6.45) is 0. The predicted octanol–water partition coefficient (Wildman–Crippen LogP) is 16.2. The van der Waals surface area contributed by atoms with E-state index in [-0.39, 0.29) is 5.41 Å². The number of rotatable bonds is 6. The average molecular weight is 803 g/mol. The molecule has 0 bridgehead atoms. The summed E-state index contributed by atoms with van der Waals surface area (Å²) in [5.74, 6) is 0.705. The van der Waals surface area contributed by atoms with Gasteiger partial charge in [-0.05, 0) is 118 Å². The van der Waals surface area contributed by atoms with Crippen molar-refractivity contribution in [3.8, 4) is 78.4 Å². The van der Waals surface area contributed by atoms with Gasteiger partial charge in [-0.2, -0.15) is 0 Å². The number of nitrogens with zero attached hydrogens (tertiary/aromatic N) is 2. The molecule has 0 N–H and O–H groups in total. The van der Waals surface area contributed by atoms with Gasteiger partial charge >= 0.3 is 0 Å². The zero-order chi connectivity index (χ0) is 42.1. The second-order valence-corrected chi connectivity index (χ2v) is 17.3. The summed E-state index contributed by atoms with van der Waals surface area (Å²) in [5, 5.41) is 7.33. The molecule has 10 aromatic carbocycles. The molecular weight excluding hydrogens is 761 g/mol. The molecule has 0 saturated carbocycles. The lowest BCUT2D eigenvalue weighted by atomic mass is 9.80. The first-order valence-electron chi connectivity index (χ1n) is 21.8. The van der Waals surface area contributed by atoms with Crippen LogP contribution in [0.3, 0.4) is 0 Å². The molecule has 63 heavy (non-hydrogen) atoms. The molecule has 0 spiro atoms. The van der Waals surface area contributed by atoms with E-state index in [4.69, 9.17) is 9.97 Å². The van der Waals surface area contributed by atoms with Crippen molar-refractivity contribution >= 4 is 32.3 Å². The van der Waals surface area contributed by atoms with Gasteiger partial charge in [-0.25, -0.2) is 9.97 Å². The van der Waals surface area contributed by atoms with Crippen LogP contribution in [0.1, 0.15) is 25.0 Å². The fourth-order valence-electron chi connectivity index (χ4n) is 10.0. The molecule has 12 rings (SSSR count). The largest absolute Gasteiger partial charge is 0.228 e. The summed E-state index contributed by atoms with van der Waals surface area (Å²) >= 11 is 0. The number of fused-ring (bicyclic) bond motifs is 6. The van der Waals surface area contributed by atoms with Crippen LogP contribution < -0.4 is 0 Å². The molecule has 11 aromatic rings. The number of benzene rings is 10. The first-order chi connectivity index (χ1) is 31.0. The number of aromatic nitrogens is 2. The topological polar surface area (TPSA) is 25.8 Å². The van der Waals surface area contributed by atoms with Crippen molar-refractivity contribution < 1.29 is 0 Å². The summed E-state index contributed by atoms with van der Waals surface area (Å²) in [4.78, 5) is 10.6. The highest BCUT2D eigenvalue weighted by Gasteiger charge is 2.36. The van der Waals surface area contributed by atoms with Crippen LogP contribution in [-0.4, -0.2) is 9.97 Å². The lowest BCUT2D eigenvalue weighted by Crippen LogP contribution is -2.15. The highest BCUT2D eigenvalue weighted by Crippen LogP contribution is 2.51. The predicted molar refractivity (Wildman–Crippen MR) is 265 cm³/mol. The molecule has 1 aliphatic rings. The van der Waals surface area contributed by atoms with Crippen LogP contribution in [0, 0.1) is 0 Å². The molecule has 0 radical (unpaired) electrons. The lowest BCUT2D eigenvalue weighted by Gasteiger charge is -2.22. The highest BCUT2D eigenvalue weighted by molar-refractivity contribution is 6.12. The minimum atomic E-state index is -0.112. The van der Waals surface area contributed by atoms with Crippen molar-refractivity contribution in [2.75, 3.05) is 0 Å². The molecule has 0 amide bonds. The van der Waals surface area contributed by atoms with Gasteiger partial charge in [0.25, 0.3) is 0 Å². The third kappa shape index (κ3) is 6.17. The van der Waals surface area contributed by atoms with Gasteiger partial charge in [0.15, 0.2) is 5.82 Å². The van der Waals surface area contributed by atoms with Crippen LogP contribution in [0.15, 0.2) is 218 Å². The molecule has 2 nitrogen and oxygen atoms in total. The fourth-order valence-corrected chi connectivity index (χ4v) is 10.0. The van der Waals surface area contributed by atoms with Crippen molar-refractivity contribution in [2.24, 2.45) is 0 Å². The van der Waals surface area contributed by atoms with Gasteiger partial charge < -0.3 is 0 Å². The summed E-state index contributed by atoms with van der Waals surface area (Å²) in [5.41, 5.74) is 17.5. The monoisotopic (exact) mass is 802 g/mol. The Bertz CT molecular complexity index is 3570. The Labute approximate surface area is 367 Å². The Kier molecular flexibility index (Phi) is 8.55. The maximum Gasteiger partial charge on any atom is 0.161 e. The Hall–Kier alpha value is -7.94. The van der Waals surface area contributed by atoms with E-state index < -0.39 is 0 Å². The van der Waals surface area contributed by atoms with Gasteiger partial charge in [0.1, 0.15) is 0 Å². The van der Waals surface area contributed by atoms with Crippen LogP contribution in [0.2, 0.25) is 0 Å². The van der Waals surface area contributed by atoms with E-state index in [2.05, 4.69) is 226 Å². The second-order valence-electron chi connectivity index (χ2n) is 17.3. The van der Waals surface area contributed by atoms with Gasteiger partial charge in [0.05, 0.1) is 11.4 Å². The molecule has 2 heteroatoms. The summed E-state index contributed by atoms with van der Waals surface area (Å²) in [7, 11) is 0. The Morgan fingerprint density at radius 2 is 0.698 bits per heavy atom. The summed E-state index contributed by atoms with van der Waals surface area (Å²) in [6, 6.07) is 79.1. The zero-order valence-electron chi connectivity index (χ0n) is 35.2. The molecule has 1 aliphatic carbocycles. The minimum absolute atomic E-state index is 0.112. The molecule has 1 aromatic heterocycles. The molecule has 0 unspecified atom stereocenters. The maximum absolute atomic E-state index is 5.30. The van der Waals surface area contributed by atoms with Gasteiger partial charge in [-0.3, -0.25) is 0 Å². The van der Waals surface area contributed by atoms with Crippen molar-refractivity contribution in [1.29, 1.82) is 0 Å². The first-order valence-corrected chi connectivity index (χ1v) is 21.8. The van der Waals surface area contributed by atoms with Crippen molar-refractivity contribution in [2.45, 2.75) is 19.3 Å². The quantitative estimate of drug-likeness (QED) is 0.167. The van der Waals surface area contributed by atoms with Gasteiger partial charge in [0.2, 0.25) is 0 Å². The Morgan fingerprint density at radius 1 is 0.286 bits per heavy atom. The van der Waals surface area contributed by atoms with Crippen molar-refractivity contribution in [3.63, 3.8) is 0 Å². The lowest BCUT2D eigenvalue weighted by molar-refractivity contribution is 0.661. The van der Waals surface area contributed by atoms with Crippen LogP contribution in [0.25, 0.3) is 111 Å². The maximum atomic E-state index is 5.30. The molecule has 0 fully saturated rings. The van der Waals surface area contributed by atoms with Crippen molar-refractivity contribution in [1.82, 2.24) is 9.97 Å². The van der Waals surface area contributed by atoms with E-state index in [0.29, 0.717) is 5.82 Å². The van der Waals surface area contributed by atoms with Gasteiger partial charge in [0, 0.05) is 22.1 Å². The zero-order valence-corrected chi connectivity index (χ0v) is 35.2. The molecular formula is C61H42N2. The SMILES string of the molecule is CC1(C)c2cc(-c3ccc(-c4ccc(-c5nc(-c6ccccc6)cc(-c6ccc(-c7ccccc7)cc6)n5)c5ccccc45)c4ccccc34)ccc2-c2cc3ccccc3cc21. The molecule has 1 heterocycles. The fraction of sp³-hybridized carbons (Fsp3) is 0.0492. The van der Waals surface area contributed by atoms with Crippen molar-refractivity contribution in [3.05, 3.63) is 230 Å². The van der Waals surface area contributed by atoms with Gasteiger partial charge in [-0.15, -0.1) is 0 Å². The molecule has 0 atom stereocenters. The van der Waals surface area contributed by atoms with E-state index in [1.54, 1.807) is 0 Å². The molecule has 0 saturated heterocycles. The van der Waals surface area contributed by atoms with Crippen LogP contribution in [0.4, 0.5) is 0 Å². The Morgan fingerprint density at radius 3 is 1.33 bits per heavy atom. The van der Waals surface area contributed by atoms with E-state index in [0.717, 1.165) is 33.5 Å². The molecule has 296 valence electrons. The van der Waals surface area contributed by atoms with E-state index in [9.17, 15) is 0 Å². The van der Waals surface area contributed by atoms with Crippen LogP contribution in [0.5, 0.6) is 0 Å². The number of hydrogen-bond acceptors (Lipinski definition) is 2. The second kappa shape index (κ2) is 14.6. The number of hydrogen-bond donors (Lipinski definition) is 0. The third-order valence-electron chi connectivity index (χ3n) is 13.3. The van der Waals surface area contributed by atoms with Crippen LogP contribution >= 0.6 is 0 Å². The summed E-state index contributed by atoms with van der Waals surface area (Å²) in [6.45, 7) is 4.75. The highest BCUT2D eigenvalue weighted by atomic mass is 14.9. The first kappa shape index (κ1) is 36.9. The average Bonchev–Trinajstić information content (AvgIpc) is 3.57. The molecule has 0 aliphatic heterocycles.